The number of hydrogen-bond acceptors (Lipinski definition) is 3. The number of aryl methyl sites for hydroxylation is 1. The molecule has 1 aliphatic rings. The van der Waals surface area contributed by atoms with Gasteiger partial charge in [0, 0.05) is 49.1 Å². The van der Waals surface area contributed by atoms with Crippen LogP contribution in [0.1, 0.15) is 16.7 Å². The molecule has 2 aromatic carbocycles. The second kappa shape index (κ2) is 6.81. The fourth-order valence-corrected chi connectivity index (χ4v) is 3.36. The zero-order chi connectivity index (χ0) is 16.4. The van der Waals surface area contributed by atoms with Crippen molar-refractivity contribution >= 4 is 23.0 Å². The normalized spacial score (nSPS) is 15.9. The molecule has 1 saturated heterocycles. The third-order valence-electron chi connectivity index (χ3n) is 4.75. The molecule has 0 bridgehead atoms. The number of piperazine rings is 1. The van der Waals surface area contributed by atoms with E-state index in [0.717, 1.165) is 49.0 Å². The highest BCUT2D eigenvalue weighted by Gasteiger charge is 2.19. The van der Waals surface area contributed by atoms with Crippen molar-refractivity contribution in [2.75, 3.05) is 36.8 Å². The molecule has 0 atom stereocenters. The zero-order valence-corrected chi connectivity index (χ0v) is 14.6. The van der Waals surface area contributed by atoms with E-state index in [4.69, 9.17) is 17.3 Å². The summed E-state index contributed by atoms with van der Waals surface area (Å²) in [7, 11) is 0. The quantitative estimate of drug-likeness (QED) is 0.868. The molecule has 0 aliphatic carbocycles. The van der Waals surface area contributed by atoms with Crippen LogP contribution in [0.5, 0.6) is 0 Å². The maximum atomic E-state index is 6.29. The largest absolute Gasteiger partial charge is 0.399 e. The van der Waals surface area contributed by atoms with E-state index >= 15 is 0 Å². The molecular formula is C19H24ClN3. The van der Waals surface area contributed by atoms with Gasteiger partial charge in [-0.25, -0.2) is 0 Å². The molecule has 0 spiro atoms. The summed E-state index contributed by atoms with van der Waals surface area (Å²) in [5.74, 6) is 0. The van der Waals surface area contributed by atoms with E-state index < -0.39 is 0 Å². The third kappa shape index (κ3) is 3.62. The Morgan fingerprint density at radius 1 is 1.04 bits per heavy atom. The molecule has 0 amide bonds. The number of halogens is 1. The molecule has 4 heteroatoms. The fourth-order valence-electron chi connectivity index (χ4n) is 3.18. The Kier molecular flexibility index (Phi) is 4.79. The molecule has 1 aliphatic heterocycles. The molecule has 122 valence electrons. The average Bonchev–Trinajstić information content (AvgIpc) is 2.54. The summed E-state index contributed by atoms with van der Waals surface area (Å²) in [6.45, 7) is 9.43. The number of nitrogen functional groups attached to an aromatic ring is 1. The first-order valence-corrected chi connectivity index (χ1v) is 8.50. The van der Waals surface area contributed by atoms with Crippen molar-refractivity contribution < 1.29 is 0 Å². The molecule has 23 heavy (non-hydrogen) atoms. The second-order valence-corrected chi connectivity index (χ2v) is 6.74. The summed E-state index contributed by atoms with van der Waals surface area (Å²) in [5, 5.41) is 0.802. The highest BCUT2D eigenvalue weighted by molar-refractivity contribution is 6.31. The average molecular weight is 330 g/mol. The lowest BCUT2D eigenvalue weighted by Gasteiger charge is -2.37. The van der Waals surface area contributed by atoms with Crippen LogP contribution in [-0.2, 0) is 6.54 Å². The number of anilines is 2. The van der Waals surface area contributed by atoms with Crippen LogP contribution in [0.25, 0.3) is 0 Å². The minimum atomic E-state index is 0.776. The van der Waals surface area contributed by atoms with E-state index in [0.29, 0.717) is 0 Å². The fraction of sp³-hybridized carbons (Fsp3) is 0.368. The Labute approximate surface area is 143 Å². The molecule has 3 rings (SSSR count). The van der Waals surface area contributed by atoms with Crippen LogP contribution in [0.15, 0.2) is 36.4 Å². The Morgan fingerprint density at radius 2 is 1.78 bits per heavy atom. The molecule has 0 aromatic heterocycles. The van der Waals surface area contributed by atoms with Crippen molar-refractivity contribution in [3.05, 3.63) is 58.1 Å². The molecule has 1 heterocycles. The molecule has 0 unspecified atom stereocenters. The lowest BCUT2D eigenvalue weighted by molar-refractivity contribution is 0.250. The number of rotatable bonds is 3. The minimum absolute atomic E-state index is 0.776. The molecule has 0 radical (unpaired) electrons. The van der Waals surface area contributed by atoms with Gasteiger partial charge in [0.1, 0.15) is 0 Å². The summed E-state index contributed by atoms with van der Waals surface area (Å²) < 4.78 is 0. The Bertz CT molecular complexity index is 691. The Hall–Kier alpha value is -1.71. The first-order chi connectivity index (χ1) is 11.0. The van der Waals surface area contributed by atoms with Gasteiger partial charge in [0.15, 0.2) is 0 Å². The van der Waals surface area contributed by atoms with Gasteiger partial charge >= 0.3 is 0 Å². The molecule has 0 saturated carbocycles. The van der Waals surface area contributed by atoms with Crippen molar-refractivity contribution in [3.63, 3.8) is 0 Å². The van der Waals surface area contributed by atoms with Crippen LogP contribution in [-0.4, -0.2) is 31.1 Å². The van der Waals surface area contributed by atoms with Gasteiger partial charge in [0.2, 0.25) is 0 Å². The first kappa shape index (κ1) is 16.2. The highest BCUT2D eigenvalue weighted by Crippen LogP contribution is 2.25. The monoisotopic (exact) mass is 329 g/mol. The number of nitrogens with two attached hydrogens (primary N) is 1. The summed E-state index contributed by atoms with van der Waals surface area (Å²) in [6, 6.07) is 12.3. The van der Waals surface area contributed by atoms with Crippen molar-refractivity contribution in [2.24, 2.45) is 0 Å². The highest BCUT2D eigenvalue weighted by atomic mass is 35.5. The number of hydrogen-bond donors (Lipinski definition) is 1. The van der Waals surface area contributed by atoms with Gasteiger partial charge in [-0.2, -0.15) is 0 Å². The van der Waals surface area contributed by atoms with Gasteiger partial charge in [0.25, 0.3) is 0 Å². The van der Waals surface area contributed by atoms with Crippen LogP contribution in [0, 0.1) is 13.8 Å². The van der Waals surface area contributed by atoms with Crippen LogP contribution >= 0.6 is 11.6 Å². The smallest absolute Gasteiger partial charge is 0.0452 e. The summed E-state index contributed by atoms with van der Waals surface area (Å²) >= 11 is 6.29. The first-order valence-electron chi connectivity index (χ1n) is 8.12. The van der Waals surface area contributed by atoms with Crippen LogP contribution in [0.3, 0.4) is 0 Å². The van der Waals surface area contributed by atoms with Gasteiger partial charge < -0.3 is 10.6 Å². The van der Waals surface area contributed by atoms with E-state index in [1.807, 2.05) is 18.2 Å². The van der Waals surface area contributed by atoms with E-state index in [9.17, 15) is 0 Å². The number of nitrogens with zero attached hydrogens (tertiary/aromatic N) is 2. The van der Waals surface area contributed by atoms with Crippen LogP contribution in [0.2, 0.25) is 5.02 Å². The second-order valence-electron chi connectivity index (χ2n) is 6.33. The van der Waals surface area contributed by atoms with E-state index in [2.05, 4.69) is 41.8 Å². The zero-order valence-electron chi connectivity index (χ0n) is 13.8. The maximum Gasteiger partial charge on any atom is 0.0452 e. The van der Waals surface area contributed by atoms with Crippen molar-refractivity contribution in [3.8, 4) is 0 Å². The van der Waals surface area contributed by atoms with Crippen LogP contribution in [0.4, 0.5) is 11.4 Å². The molecule has 2 N–H and O–H groups in total. The predicted octanol–water partition coefficient (Wildman–Crippen LogP) is 3.86. The molecule has 3 nitrogen and oxygen atoms in total. The van der Waals surface area contributed by atoms with E-state index in [-0.39, 0.29) is 0 Å². The van der Waals surface area contributed by atoms with E-state index in [1.165, 1.54) is 16.8 Å². The summed E-state index contributed by atoms with van der Waals surface area (Å²) in [6.07, 6.45) is 0. The van der Waals surface area contributed by atoms with Gasteiger partial charge in [-0.05, 0) is 54.8 Å². The minimum Gasteiger partial charge on any atom is -0.399 e. The Balaban J connectivity index is 1.64. The van der Waals surface area contributed by atoms with Gasteiger partial charge in [-0.1, -0.05) is 23.7 Å². The van der Waals surface area contributed by atoms with Crippen molar-refractivity contribution in [2.45, 2.75) is 20.4 Å². The SMILES string of the molecule is Cc1cccc(N2CCN(Cc3cc(N)ccc3Cl)CC2)c1C. The summed E-state index contributed by atoms with van der Waals surface area (Å²) in [5.41, 5.74) is 11.9. The number of benzene rings is 2. The van der Waals surface area contributed by atoms with Gasteiger partial charge in [-0.3, -0.25) is 4.90 Å². The standard InChI is InChI=1S/C19H24ClN3/c1-14-4-3-5-19(15(14)2)23-10-8-22(9-11-23)13-16-12-17(21)6-7-18(16)20/h3-7,12H,8-11,13,21H2,1-2H3. The maximum absolute atomic E-state index is 6.29. The third-order valence-corrected chi connectivity index (χ3v) is 5.12. The van der Waals surface area contributed by atoms with Crippen molar-refractivity contribution in [1.82, 2.24) is 4.90 Å². The predicted molar refractivity (Wildman–Crippen MR) is 99.3 cm³/mol. The van der Waals surface area contributed by atoms with Gasteiger partial charge in [-0.15, -0.1) is 0 Å². The Morgan fingerprint density at radius 3 is 2.52 bits per heavy atom. The topological polar surface area (TPSA) is 32.5 Å². The van der Waals surface area contributed by atoms with Gasteiger partial charge in [0.05, 0.1) is 0 Å². The lowest BCUT2D eigenvalue weighted by atomic mass is 10.1. The van der Waals surface area contributed by atoms with E-state index in [1.54, 1.807) is 0 Å². The molecule has 2 aromatic rings. The summed E-state index contributed by atoms with van der Waals surface area (Å²) in [4.78, 5) is 4.93. The lowest BCUT2D eigenvalue weighted by Crippen LogP contribution is -2.46. The van der Waals surface area contributed by atoms with Crippen LogP contribution < -0.4 is 10.6 Å². The van der Waals surface area contributed by atoms with Crippen molar-refractivity contribution in [1.29, 1.82) is 0 Å². The molecule has 1 fully saturated rings. The molecular weight excluding hydrogens is 306 g/mol.